The van der Waals surface area contributed by atoms with Gasteiger partial charge in [0.15, 0.2) is 11.5 Å². The minimum atomic E-state index is -3.69. The van der Waals surface area contributed by atoms with Crippen molar-refractivity contribution >= 4 is 21.6 Å². The van der Waals surface area contributed by atoms with Crippen LogP contribution in [-0.4, -0.2) is 45.4 Å². The third-order valence-electron chi connectivity index (χ3n) is 5.27. The highest BCUT2D eigenvalue weighted by atomic mass is 32.2. The number of benzene rings is 2. The van der Waals surface area contributed by atoms with E-state index in [4.69, 9.17) is 4.74 Å². The number of alkyl halides is 2. The first-order valence-corrected chi connectivity index (χ1v) is 11.7. The highest BCUT2D eigenvalue weighted by Gasteiger charge is 2.27. The lowest BCUT2D eigenvalue weighted by Gasteiger charge is -2.21. The zero-order chi connectivity index (χ0) is 23.3. The third-order valence-corrected chi connectivity index (χ3v) is 7.31. The molecule has 7 nitrogen and oxygen atoms in total. The predicted octanol–water partition coefficient (Wildman–Crippen LogP) is 4.42. The summed E-state index contributed by atoms with van der Waals surface area (Å²) in [5, 5.41) is 2.66. The van der Waals surface area contributed by atoms with Crippen LogP contribution in [0.25, 0.3) is 0 Å². The molecule has 0 spiro atoms. The van der Waals surface area contributed by atoms with Crippen molar-refractivity contribution in [2.75, 3.05) is 25.5 Å². The van der Waals surface area contributed by atoms with Crippen LogP contribution in [0.4, 0.5) is 14.5 Å². The zero-order valence-corrected chi connectivity index (χ0v) is 18.8. The summed E-state index contributed by atoms with van der Waals surface area (Å²) in [5.74, 6) is -0.764. The number of hydrogen-bond acceptors (Lipinski definition) is 5. The van der Waals surface area contributed by atoms with E-state index >= 15 is 0 Å². The fourth-order valence-corrected chi connectivity index (χ4v) is 5.35. The minimum absolute atomic E-state index is 0.0220. The van der Waals surface area contributed by atoms with Gasteiger partial charge in [0.1, 0.15) is 0 Å². The number of sulfonamides is 1. The molecule has 1 amide bonds. The van der Waals surface area contributed by atoms with Crippen LogP contribution >= 0.6 is 0 Å². The van der Waals surface area contributed by atoms with Gasteiger partial charge in [0.25, 0.3) is 5.91 Å². The average molecular weight is 469 g/mol. The Kier molecular flexibility index (Phi) is 7.68. The maximum Gasteiger partial charge on any atom is 0.387 e. The third kappa shape index (κ3) is 5.55. The van der Waals surface area contributed by atoms with Crippen molar-refractivity contribution in [3.05, 3.63) is 47.5 Å². The molecule has 2 aromatic rings. The number of halogens is 2. The lowest BCUT2D eigenvalue weighted by molar-refractivity contribution is -0.0512. The standard InChI is InChI=1S/C22H26F2N2O5S/c1-15-7-9-17(14-20(15)32(28,29)26-11-5-3-4-6-12-26)25-21(27)16-8-10-18(31-22(23)24)19(13-16)30-2/h7-10,13-14,22H,3-6,11-12H2,1-2H3,(H,25,27). The first kappa shape index (κ1) is 23.9. The molecule has 1 fully saturated rings. The number of rotatable bonds is 7. The number of nitrogens with one attached hydrogen (secondary N) is 1. The number of carbonyl (C=O) groups is 1. The molecule has 1 aliphatic heterocycles. The number of ether oxygens (including phenoxy) is 2. The molecule has 174 valence electrons. The molecule has 1 saturated heterocycles. The normalized spacial score (nSPS) is 15.3. The van der Waals surface area contributed by atoms with Crippen LogP contribution in [0.1, 0.15) is 41.6 Å². The fraction of sp³-hybridized carbons (Fsp3) is 0.409. The molecule has 0 aromatic heterocycles. The van der Waals surface area contributed by atoms with Crippen molar-refractivity contribution < 1.29 is 31.5 Å². The maximum absolute atomic E-state index is 13.2. The lowest BCUT2D eigenvalue weighted by Crippen LogP contribution is -2.32. The van der Waals surface area contributed by atoms with E-state index in [1.807, 2.05) is 0 Å². The van der Waals surface area contributed by atoms with Crippen LogP contribution in [0, 0.1) is 6.92 Å². The molecule has 0 saturated carbocycles. The molecule has 0 unspecified atom stereocenters. The number of aryl methyl sites for hydroxylation is 1. The molecule has 1 N–H and O–H groups in total. The summed E-state index contributed by atoms with van der Waals surface area (Å²) >= 11 is 0. The summed E-state index contributed by atoms with van der Waals surface area (Å²) in [6, 6.07) is 8.50. The van der Waals surface area contributed by atoms with Gasteiger partial charge in [-0.1, -0.05) is 18.9 Å². The Hall–Kier alpha value is -2.72. The Morgan fingerprint density at radius 2 is 1.72 bits per heavy atom. The van der Waals surface area contributed by atoms with Crippen LogP contribution in [0.5, 0.6) is 11.5 Å². The van der Waals surface area contributed by atoms with E-state index in [1.54, 1.807) is 19.1 Å². The van der Waals surface area contributed by atoms with Gasteiger partial charge in [-0.3, -0.25) is 4.79 Å². The fourth-order valence-electron chi connectivity index (χ4n) is 3.58. The van der Waals surface area contributed by atoms with E-state index in [-0.39, 0.29) is 22.0 Å². The van der Waals surface area contributed by atoms with Crippen molar-refractivity contribution in [3.8, 4) is 11.5 Å². The Balaban J connectivity index is 1.83. The van der Waals surface area contributed by atoms with Crippen LogP contribution in [0.15, 0.2) is 41.3 Å². The van der Waals surface area contributed by atoms with Gasteiger partial charge in [-0.15, -0.1) is 0 Å². The number of amides is 1. The molecule has 0 bridgehead atoms. The van der Waals surface area contributed by atoms with E-state index in [1.165, 1.54) is 35.7 Å². The largest absolute Gasteiger partial charge is 0.493 e. The Morgan fingerprint density at radius 1 is 1.03 bits per heavy atom. The topological polar surface area (TPSA) is 84.9 Å². The highest BCUT2D eigenvalue weighted by molar-refractivity contribution is 7.89. The van der Waals surface area contributed by atoms with Crippen molar-refractivity contribution in [2.45, 2.75) is 44.1 Å². The Morgan fingerprint density at radius 3 is 2.34 bits per heavy atom. The zero-order valence-electron chi connectivity index (χ0n) is 17.9. The number of carbonyl (C=O) groups excluding carboxylic acids is 1. The Bertz CT molecular complexity index is 1070. The van der Waals surface area contributed by atoms with Crippen molar-refractivity contribution in [3.63, 3.8) is 0 Å². The summed E-state index contributed by atoms with van der Waals surface area (Å²) in [4.78, 5) is 12.8. The second-order valence-electron chi connectivity index (χ2n) is 7.50. The molecule has 0 radical (unpaired) electrons. The quantitative estimate of drug-likeness (QED) is 0.650. The molecular weight excluding hydrogens is 442 g/mol. The molecular formula is C22H26F2N2O5S. The van der Waals surface area contributed by atoms with Crippen molar-refractivity contribution in [2.24, 2.45) is 0 Å². The minimum Gasteiger partial charge on any atom is -0.493 e. The molecule has 32 heavy (non-hydrogen) atoms. The number of anilines is 1. The maximum atomic E-state index is 13.2. The SMILES string of the molecule is COc1cc(C(=O)Nc2ccc(C)c(S(=O)(=O)N3CCCCCC3)c2)ccc1OC(F)F. The molecule has 3 rings (SSSR count). The first-order valence-electron chi connectivity index (χ1n) is 10.3. The van der Waals surface area contributed by atoms with Crippen LogP contribution in [0.3, 0.4) is 0 Å². The van der Waals surface area contributed by atoms with Gasteiger partial charge in [-0.25, -0.2) is 8.42 Å². The Labute approximate surface area is 186 Å². The van der Waals surface area contributed by atoms with Crippen LogP contribution < -0.4 is 14.8 Å². The monoisotopic (exact) mass is 468 g/mol. The van der Waals surface area contributed by atoms with E-state index < -0.39 is 22.5 Å². The number of nitrogens with zero attached hydrogens (tertiary/aromatic N) is 1. The van der Waals surface area contributed by atoms with Gasteiger partial charge in [0, 0.05) is 24.3 Å². The van der Waals surface area contributed by atoms with E-state index in [2.05, 4.69) is 10.1 Å². The van der Waals surface area contributed by atoms with Crippen molar-refractivity contribution in [1.82, 2.24) is 4.31 Å². The molecule has 0 aliphatic carbocycles. The highest BCUT2D eigenvalue weighted by Crippen LogP contribution is 2.30. The molecule has 2 aromatic carbocycles. The van der Waals surface area contributed by atoms with E-state index in [0.717, 1.165) is 25.7 Å². The second-order valence-corrected chi connectivity index (χ2v) is 9.40. The predicted molar refractivity (Wildman–Crippen MR) is 116 cm³/mol. The van der Waals surface area contributed by atoms with Gasteiger partial charge < -0.3 is 14.8 Å². The van der Waals surface area contributed by atoms with Crippen LogP contribution in [-0.2, 0) is 10.0 Å². The summed E-state index contributed by atoms with van der Waals surface area (Å²) in [6.07, 6.45) is 3.65. The molecule has 10 heteroatoms. The summed E-state index contributed by atoms with van der Waals surface area (Å²) in [7, 11) is -2.42. The summed E-state index contributed by atoms with van der Waals surface area (Å²) < 4.78 is 62.3. The number of methoxy groups -OCH3 is 1. The summed E-state index contributed by atoms with van der Waals surface area (Å²) in [5.41, 5.74) is 1.03. The van der Waals surface area contributed by atoms with E-state index in [9.17, 15) is 22.0 Å². The van der Waals surface area contributed by atoms with Gasteiger partial charge in [-0.05, 0) is 55.7 Å². The smallest absolute Gasteiger partial charge is 0.387 e. The molecule has 1 aliphatic rings. The number of hydrogen-bond donors (Lipinski definition) is 1. The summed E-state index contributed by atoms with van der Waals surface area (Å²) in [6.45, 7) is -0.361. The average Bonchev–Trinajstić information content (AvgIpc) is 3.05. The lowest BCUT2D eigenvalue weighted by atomic mass is 10.1. The van der Waals surface area contributed by atoms with Crippen molar-refractivity contribution in [1.29, 1.82) is 0 Å². The van der Waals surface area contributed by atoms with E-state index in [0.29, 0.717) is 24.3 Å². The first-order chi connectivity index (χ1) is 15.2. The van der Waals surface area contributed by atoms with Crippen LogP contribution in [0.2, 0.25) is 0 Å². The van der Waals surface area contributed by atoms with Gasteiger partial charge in [0.2, 0.25) is 10.0 Å². The van der Waals surface area contributed by atoms with Gasteiger partial charge in [-0.2, -0.15) is 13.1 Å². The van der Waals surface area contributed by atoms with Gasteiger partial charge in [0.05, 0.1) is 12.0 Å². The molecule has 0 atom stereocenters. The molecule has 1 heterocycles. The van der Waals surface area contributed by atoms with Gasteiger partial charge >= 0.3 is 6.61 Å². The second kappa shape index (κ2) is 10.3.